The quantitative estimate of drug-likeness (QED) is 0.617. The maximum absolute atomic E-state index is 4.54. The Hall–Kier alpha value is -3.28. The molecule has 0 saturated carbocycles. The van der Waals surface area contributed by atoms with Gasteiger partial charge in [-0.3, -0.25) is 4.98 Å². The Balaban J connectivity index is 1.69. The van der Waals surface area contributed by atoms with Crippen LogP contribution in [0.3, 0.4) is 0 Å². The molecule has 0 saturated heterocycles. The zero-order chi connectivity index (χ0) is 17.4. The van der Waals surface area contributed by atoms with Crippen LogP contribution >= 0.6 is 0 Å². The first kappa shape index (κ1) is 15.3. The predicted octanol–water partition coefficient (Wildman–Crippen LogP) is 3.88. The smallest absolute Gasteiger partial charge is 0.180 e. The zero-order valence-corrected chi connectivity index (χ0v) is 14.4. The van der Waals surface area contributed by atoms with Gasteiger partial charge in [-0.1, -0.05) is 12.1 Å². The largest absolute Gasteiger partial charge is 0.337 e. The highest BCUT2D eigenvalue weighted by molar-refractivity contribution is 5.73. The Morgan fingerprint density at radius 1 is 0.960 bits per heavy atom. The molecule has 3 heterocycles. The summed E-state index contributed by atoms with van der Waals surface area (Å²) in [6.45, 7) is 6.21. The Morgan fingerprint density at radius 2 is 1.80 bits per heavy atom. The van der Waals surface area contributed by atoms with E-state index in [1.807, 2.05) is 29.9 Å². The summed E-state index contributed by atoms with van der Waals surface area (Å²) in [7, 11) is 0. The van der Waals surface area contributed by atoms with Crippen LogP contribution in [0.5, 0.6) is 0 Å². The van der Waals surface area contributed by atoms with Gasteiger partial charge >= 0.3 is 0 Å². The first-order valence-electron chi connectivity index (χ1n) is 8.09. The lowest BCUT2D eigenvalue weighted by molar-refractivity contribution is 0.839. The van der Waals surface area contributed by atoms with Gasteiger partial charge in [0.25, 0.3) is 0 Å². The molecule has 1 N–H and O–H groups in total. The molecule has 0 spiro atoms. The number of benzene rings is 1. The minimum absolute atomic E-state index is 0.618. The van der Waals surface area contributed by atoms with Gasteiger partial charge in [-0.05, 0) is 50.1 Å². The highest BCUT2D eigenvalue weighted by atomic mass is 15.3. The molecule has 4 rings (SSSR count). The van der Waals surface area contributed by atoms with Crippen molar-refractivity contribution >= 4 is 22.7 Å². The van der Waals surface area contributed by atoms with Crippen LogP contribution in [-0.4, -0.2) is 24.7 Å². The summed E-state index contributed by atoms with van der Waals surface area (Å²) in [4.78, 5) is 13.0. The van der Waals surface area contributed by atoms with Gasteiger partial charge in [0.1, 0.15) is 11.3 Å². The van der Waals surface area contributed by atoms with Gasteiger partial charge in [0.15, 0.2) is 5.65 Å². The van der Waals surface area contributed by atoms with Crippen LogP contribution in [0.1, 0.15) is 16.8 Å². The Bertz CT molecular complexity index is 1070. The van der Waals surface area contributed by atoms with E-state index < -0.39 is 0 Å². The molecule has 0 amide bonds. The maximum atomic E-state index is 4.54. The molecule has 0 atom stereocenters. The molecule has 124 valence electrons. The van der Waals surface area contributed by atoms with E-state index in [1.54, 1.807) is 12.4 Å². The Labute approximate surface area is 145 Å². The molecule has 0 unspecified atom stereocenters. The molecule has 0 aliphatic carbocycles. The van der Waals surface area contributed by atoms with E-state index >= 15 is 0 Å². The molecular formula is C19H18N6. The van der Waals surface area contributed by atoms with Gasteiger partial charge in [0, 0.05) is 12.4 Å². The van der Waals surface area contributed by atoms with E-state index in [1.165, 1.54) is 11.1 Å². The van der Waals surface area contributed by atoms with Gasteiger partial charge in [-0.2, -0.15) is 5.10 Å². The molecule has 25 heavy (non-hydrogen) atoms. The van der Waals surface area contributed by atoms with Gasteiger partial charge in [0.05, 0.1) is 23.3 Å². The third-order valence-corrected chi connectivity index (χ3v) is 4.20. The molecule has 0 bridgehead atoms. The van der Waals surface area contributed by atoms with Crippen molar-refractivity contribution in [1.82, 2.24) is 24.7 Å². The average molecular weight is 330 g/mol. The van der Waals surface area contributed by atoms with E-state index in [9.17, 15) is 0 Å². The minimum Gasteiger partial charge on any atom is -0.337 e. The molecule has 6 nitrogen and oxygen atoms in total. The van der Waals surface area contributed by atoms with Crippen molar-refractivity contribution in [3.63, 3.8) is 0 Å². The van der Waals surface area contributed by atoms with E-state index in [0.717, 1.165) is 28.4 Å². The summed E-state index contributed by atoms with van der Waals surface area (Å²) in [6, 6.07) is 10.2. The summed E-state index contributed by atoms with van der Waals surface area (Å²) in [6.07, 6.45) is 5.12. The number of hydrogen-bond donors (Lipinski definition) is 1. The summed E-state index contributed by atoms with van der Waals surface area (Å²) < 4.78 is 1.95. The lowest BCUT2D eigenvalue weighted by atomic mass is 10.1. The van der Waals surface area contributed by atoms with Gasteiger partial charge in [-0.15, -0.1) is 0 Å². The topological polar surface area (TPSA) is 68.5 Å². The second-order valence-electron chi connectivity index (χ2n) is 6.07. The molecule has 0 fully saturated rings. The molecule has 3 aromatic heterocycles. The lowest BCUT2D eigenvalue weighted by Gasteiger charge is -2.10. The number of anilines is 2. The number of hydrogen-bond acceptors (Lipinski definition) is 5. The minimum atomic E-state index is 0.618. The van der Waals surface area contributed by atoms with Crippen LogP contribution in [0.25, 0.3) is 16.9 Å². The SMILES string of the molecule is Cc1ccc(C)c(-n2ncc(Nc3ccc4nccnc4n3)c2C)c1. The van der Waals surface area contributed by atoms with Crippen molar-refractivity contribution < 1.29 is 0 Å². The van der Waals surface area contributed by atoms with Crippen LogP contribution in [0.2, 0.25) is 0 Å². The van der Waals surface area contributed by atoms with Crippen molar-refractivity contribution in [2.75, 3.05) is 5.32 Å². The number of aromatic nitrogens is 5. The van der Waals surface area contributed by atoms with Crippen LogP contribution in [-0.2, 0) is 0 Å². The fourth-order valence-corrected chi connectivity index (χ4v) is 2.78. The van der Waals surface area contributed by atoms with Crippen molar-refractivity contribution in [2.24, 2.45) is 0 Å². The fourth-order valence-electron chi connectivity index (χ4n) is 2.78. The van der Waals surface area contributed by atoms with E-state index in [0.29, 0.717) is 5.65 Å². The standard InChI is InChI=1S/C19H18N6/c1-12-4-5-13(2)17(10-12)25-14(3)16(11-22-25)23-18-7-6-15-19(24-18)21-9-8-20-15/h4-11H,1-3H3,(H,21,23,24). The van der Waals surface area contributed by atoms with Crippen molar-refractivity contribution in [1.29, 1.82) is 0 Å². The van der Waals surface area contributed by atoms with Gasteiger partial charge < -0.3 is 5.32 Å². The maximum Gasteiger partial charge on any atom is 0.180 e. The molecular weight excluding hydrogens is 312 g/mol. The number of aryl methyl sites for hydroxylation is 2. The molecule has 0 aliphatic heterocycles. The monoisotopic (exact) mass is 330 g/mol. The van der Waals surface area contributed by atoms with E-state index in [4.69, 9.17) is 0 Å². The van der Waals surface area contributed by atoms with Crippen molar-refractivity contribution in [2.45, 2.75) is 20.8 Å². The normalized spacial score (nSPS) is 11.0. The third-order valence-electron chi connectivity index (χ3n) is 4.20. The second kappa shape index (κ2) is 5.98. The van der Waals surface area contributed by atoms with Crippen molar-refractivity contribution in [3.05, 3.63) is 65.7 Å². The number of pyridine rings is 1. The average Bonchev–Trinajstić information content (AvgIpc) is 2.97. The number of fused-ring (bicyclic) bond motifs is 1. The van der Waals surface area contributed by atoms with Crippen LogP contribution in [0.15, 0.2) is 48.9 Å². The second-order valence-corrected chi connectivity index (χ2v) is 6.07. The Morgan fingerprint density at radius 3 is 2.68 bits per heavy atom. The van der Waals surface area contributed by atoms with Crippen molar-refractivity contribution in [3.8, 4) is 5.69 Å². The highest BCUT2D eigenvalue weighted by Gasteiger charge is 2.11. The van der Waals surface area contributed by atoms with E-state index in [-0.39, 0.29) is 0 Å². The molecule has 4 aromatic rings. The number of nitrogens with one attached hydrogen (secondary N) is 1. The van der Waals surface area contributed by atoms with Gasteiger partial charge in [-0.25, -0.2) is 14.6 Å². The zero-order valence-electron chi connectivity index (χ0n) is 14.4. The molecule has 6 heteroatoms. The third kappa shape index (κ3) is 2.82. The van der Waals surface area contributed by atoms with Crippen LogP contribution < -0.4 is 5.32 Å². The summed E-state index contributed by atoms with van der Waals surface area (Å²) in [5.74, 6) is 0.719. The highest BCUT2D eigenvalue weighted by Crippen LogP contribution is 2.24. The lowest BCUT2D eigenvalue weighted by Crippen LogP contribution is -2.03. The molecule has 1 aromatic carbocycles. The first-order chi connectivity index (χ1) is 12.1. The summed E-state index contributed by atoms with van der Waals surface area (Å²) in [5, 5.41) is 7.87. The number of nitrogens with zero attached hydrogens (tertiary/aromatic N) is 5. The summed E-state index contributed by atoms with van der Waals surface area (Å²) in [5.41, 5.74) is 6.81. The summed E-state index contributed by atoms with van der Waals surface area (Å²) >= 11 is 0. The van der Waals surface area contributed by atoms with E-state index in [2.05, 4.69) is 57.4 Å². The van der Waals surface area contributed by atoms with Crippen LogP contribution in [0, 0.1) is 20.8 Å². The predicted molar refractivity (Wildman–Crippen MR) is 98.4 cm³/mol. The first-order valence-corrected chi connectivity index (χ1v) is 8.09. The Kier molecular flexibility index (Phi) is 3.65. The molecule has 0 aliphatic rings. The van der Waals surface area contributed by atoms with Gasteiger partial charge in [0.2, 0.25) is 0 Å². The van der Waals surface area contributed by atoms with Crippen LogP contribution in [0.4, 0.5) is 11.5 Å². The fraction of sp³-hybridized carbons (Fsp3) is 0.158. The molecule has 0 radical (unpaired) electrons. The number of rotatable bonds is 3.